The molecule has 0 amide bonds. The molecule has 5 nitrogen and oxygen atoms in total. The van der Waals surface area contributed by atoms with Gasteiger partial charge in [0.05, 0.1) is 18.2 Å². The summed E-state index contributed by atoms with van der Waals surface area (Å²) < 4.78 is 11.6. The summed E-state index contributed by atoms with van der Waals surface area (Å²) in [6.45, 7) is 13.2. The summed E-state index contributed by atoms with van der Waals surface area (Å²) in [5.41, 5.74) is 2.59. The predicted octanol–water partition coefficient (Wildman–Crippen LogP) is 6.34. The summed E-state index contributed by atoms with van der Waals surface area (Å²) in [6, 6.07) is 7.61. The van der Waals surface area contributed by atoms with Crippen molar-refractivity contribution < 1.29 is 9.15 Å². The molecule has 2 aromatic rings. The molecule has 3 heterocycles. The SMILES string of the molecule is [C-]#[N+]/C(C#N)=C1C=C(/C=C/c2cc3cc4c(cc3oc2=O)C#CCCSC4)OC(C(C)(C)C)=C/1. The Bertz CT molecular complexity index is 1490. The first-order chi connectivity index (χ1) is 16.3. The minimum Gasteiger partial charge on any atom is -0.461 e. The number of benzene rings is 1. The number of allylic oxidation sites excluding steroid dienone is 6. The molecule has 0 radical (unpaired) electrons. The maximum absolute atomic E-state index is 12.7. The van der Waals surface area contributed by atoms with Gasteiger partial charge in [0.15, 0.2) is 0 Å². The van der Waals surface area contributed by atoms with Gasteiger partial charge < -0.3 is 9.15 Å². The van der Waals surface area contributed by atoms with Gasteiger partial charge in [-0.15, -0.1) is 0 Å². The van der Waals surface area contributed by atoms with Crippen molar-refractivity contribution in [3.8, 4) is 17.9 Å². The fraction of sp³-hybridized carbons (Fsp3) is 0.250. The third kappa shape index (κ3) is 5.01. The number of rotatable bonds is 2. The minimum absolute atomic E-state index is 0.0152. The number of hydrogen-bond donors (Lipinski definition) is 0. The number of thioether (sulfide) groups is 1. The van der Waals surface area contributed by atoms with Crippen LogP contribution in [-0.2, 0) is 10.5 Å². The fourth-order valence-corrected chi connectivity index (χ4v) is 4.33. The second-order valence-corrected chi connectivity index (χ2v) is 10.0. The summed E-state index contributed by atoms with van der Waals surface area (Å²) in [6.07, 6.45) is 7.49. The smallest absolute Gasteiger partial charge is 0.343 e. The molecule has 0 spiro atoms. The molecule has 0 fully saturated rings. The van der Waals surface area contributed by atoms with Crippen molar-refractivity contribution in [3.63, 3.8) is 0 Å². The number of nitrogens with zero attached hydrogens (tertiary/aromatic N) is 2. The van der Waals surface area contributed by atoms with Crippen molar-refractivity contribution in [1.82, 2.24) is 0 Å². The Morgan fingerprint density at radius 2 is 2.09 bits per heavy atom. The molecule has 34 heavy (non-hydrogen) atoms. The Hall–Kier alpha value is -3.92. The Labute approximate surface area is 202 Å². The van der Waals surface area contributed by atoms with Crippen molar-refractivity contribution in [2.24, 2.45) is 5.41 Å². The molecule has 6 heteroatoms. The molecule has 1 aromatic heterocycles. The van der Waals surface area contributed by atoms with Gasteiger partial charge in [0.25, 0.3) is 5.70 Å². The van der Waals surface area contributed by atoms with Crippen molar-refractivity contribution in [2.75, 3.05) is 5.75 Å². The Morgan fingerprint density at radius 3 is 2.82 bits per heavy atom. The van der Waals surface area contributed by atoms with Crippen LogP contribution in [0.2, 0.25) is 0 Å². The lowest BCUT2D eigenvalue weighted by Crippen LogP contribution is -2.15. The molecule has 0 N–H and O–H groups in total. The van der Waals surface area contributed by atoms with Crippen LogP contribution in [-0.4, -0.2) is 5.75 Å². The molecule has 1 aromatic carbocycles. The van der Waals surface area contributed by atoms with Crippen LogP contribution in [0.4, 0.5) is 0 Å². The van der Waals surface area contributed by atoms with Crippen LogP contribution in [0.3, 0.4) is 0 Å². The topological polar surface area (TPSA) is 67.6 Å². The quantitative estimate of drug-likeness (QED) is 0.224. The van der Waals surface area contributed by atoms with E-state index in [-0.39, 0.29) is 11.1 Å². The maximum atomic E-state index is 12.7. The summed E-state index contributed by atoms with van der Waals surface area (Å²) in [4.78, 5) is 16.0. The number of nitriles is 1. The summed E-state index contributed by atoms with van der Waals surface area (Å²) in [5, 5.41) is 10.1. The largest absolute Gasteiger partial charge is 0.461 e. The second kappa shape index (κ2) is 9.52. The van der Waals surface area contributed by atoms with Crippen LogP contribution in [0.5, 0.6) is 0 Å². The van der Waals surface area contributed by atoms with Crippen molar-refractivity contribution in [3.05, 3.63) is 97.7 Å². The van der Waals surface area contributed by atoms with E-state index in [0.29, 0.717) is 28.2 Å². The molecule has 4 rings (SSSR count). The minimum atomic E-state index is -0.463. The molecule has 0 atom stereocenters. The molecule has 168 valence electrons. The lowest BCUT2D eigenvalue weighted by Gasteiger charge is -2.26. The first-order valence-electron chi connectivity index (χ1n) is 10.8. The highest BCUT2D eigenvalue weighted by molar-refractivity contribution is 7.98. The molecule has 0 unspecified atom stereocenters. The van der Waals surface area contributed by atoms with Crippen LogP contribution < -0.4 is 5.63 Å². The van der Waals surface area contributed by atoms with Crippen molar-refractivity contribution in [1.29, 1.82) is 5.26 Å². The molecule has 2 aliphatic rings. The van der Waals surface area contributed by atoms with E-state index in [0.717, 1.165) is 34.4 Å². The molecular formula is C28H22N2O3S. The van der Waals surface area contributed by atoms with Gasteiger partial charge >= 0.3 is 5.63 Å². The zero-order valence-corrected chi connectivity index (χ0v) is 20.0. The molecule has 0 bridgehead atoms. The first kappa shape index (κ1) is 23.2. The summed E-state index contributed by atoms with van der Waals surface area (Å²) in [7, 11) is 0. The standard InChI is InChI=1S/C28H22N2O3S/c1-28(2,3)26-15-20(24(16-29)30-4)13-23(32-26)9-8-19-11-21-12-22-17-34-10-6-5-7-18(22)14-25(21)33-27(19)31/h8-9,11-15H,6,10,17H2,1-3H3/b9-8+,24-20-. The van der Waals surface area contributed by atoms with E-state index < -0.39 is 5.63 Å². The van der Waals surface area contributed by atoms with Gasteiger partial charge in [-0.3, -0.25) is 0 Å². The van der Waals surface area contributed by atoms with E-state index in [2.05, 4.69) is 16.7 Å². The van der Waals surface area contributed by atoms with Crippen LogP contribution >= 0.6 is 11.8 Å². The van der Waals surface area contributed by atoms with Gasteiger partial charge in [-0.2, -0.15) is 11.8 Å². The van der Waals surface area contributed by atoms with E-state index >= 15 is 0 Å². The van der Waals surface area contributed by atoms with Crippen LogP contribution in [0, 0.1) is 35.2 Å². The monoisotopic (exact) mass is 466 g/mol. The van der Waals surface area contributed by atoms with E-state index in [1.54, 1.807) is 30.4 Å². The molecule has 2 aliphatic heterocycles. The zero-order chi connectivity index (χ0) is 24.3. The summed E-state index contributed by atoms with van der Waals surface area (Å²) in [5.74, 6) is 9.26. The lowest BCUT2D eigenvalue weighted by molar-refractivity contribution is 0.223. The van der Waals surface area contributed by atoms with Gasteiger partial charge in [0.2, 0.25) is 0 Å². The number of fused-ring (bicyclic) bond motifs is 2. The molecular weight excluding hydrogens is 444 g/mol. The van der Waals surface area contributed by atoms with Gasteiger partial charge in [-0.1, -0.05) is 32.6 Å². The third-order valence-corrected chi connectivity index (χ3v) is 6.31. The Balaban J connectivity index is 1.73. The maximum Gasteiger partial charge on any atom is 0.343 e. The molecule has 0 aliphatic carbocycles. The number of ether oxygens (including phenoxy) is 1. The predicted molar refractivity (Wildman–Crippen MR) is 135 cm³/mol. The van der Waals surface area contributed by atoms with Gasteiger partial charge in [-0.25, -0.2) is 14.9 Å². The average molecular weight is 467 g/mol. The highest BCUT2D eigenvalue weighted by atomic mass is 32.2. The van der Waals surface area contributed by atoms with E-state index in [1.807, 2.05) is 50.7 Å². The van der Waals surface area contributed by atoms with Crippen molar-refractivity contribution in [2.45, 2.75) is 32.9 Å². The van der Waals surface area contributed by atoms with Gasteiger partial charge in [0, 0.05) is 34.3 Å². The Morgan fingerprint density at radius 1 is 1.26 bits per heavy atom. The van der Waals surface area contributed by atoms with Gasteiger partial charge in [0.1, 0.15) is 17.1 Å². The lowest BCUT2D eigenvalue weighted by atomic mass is 9.91. The van der Waals surface area contributed by atoms with Crippen LogP contribution in [0.1, 0.15) is 43.9 Å². The second-order valence-electron chi connectivity index (χ2n) is 8.91. The van der Waals surface area contributed by atoms with E-state index in [9.17, 15) is 10.1 Å². The van der Waals surface area contributed by atoms with E-state index in [1.165, 1.54) is 0 Å². The molecule has 0 saturated carbocycles. The highest BCUT2D eigenvalue weighted by Crippen LogP contribution is 2.34. The Kier molecular flexibility index (Phi) is 6.51. The average Bonchev–Trinajstić information content (AvgIpc) is 2.78. The third-order valence-electron chi connectivity index (χ3n) is 5.31. The normalized spacial score (nSPS) is 17.1. The van der Waals surface area contributed by atoms with Crippen molar-refractivity contribution >= 4 is 28.8 Å². The van der Waals surface area contributed by atoms with E-state index in [4.69, 9.17) is 15.7 Å². The first-order valence-corrected chi connectivity index (χ1v) is 11.9. The number of hydrogen-bond acceptors (Lipinski definition) is 5. The highest BCUT2D eigenvalue weighted by Gasteiger charge is 2.24. The van der Waals surface area contributed by atoms with Gasteiger partial charge in [-0.05, 0) is 53.6 Å². The van der Waals surface area contributed by atoms with Crippen LogP contribution in [0.25, 0.3) is 21.9 Å². The fourth-order valence-electron chi connectivity index (χ4n) is 3.48. The molecule has 0 saturated heterocycles. The zero-order valence-electron chi connectivity index (χ0n) is 19.2. The van der Waals surface area contributed by atoms with Crippen LogP contribution in [0.15, 0.2) is 68.4 Å². The summed E-state index contributed by atoms with van der Waals surface area (Å²) >= 11 is 1.84.